The fraction of sp³-hybridized carbons (Fsp3) is 0. The summed E-state index contributed by atoms with van der Waals surface area (Å²) in [6.45, 7) is 0. The topological polar surface area (TPSA) is 60.2 Å². The van der Waals surface area contributed by atoms with E-state index >= 15 is 0 Å². The smallest absolute Gasteiger partial charge is 0.279 e. The van der Waals surface area contributed by atoms with Crippen LogP contribution >= 0.6 is 0 Å². The molecule has 0 saturated heterocycles. The maximum atomic E-state index is 10.8. The van der Waals surface area contributed by atoms with Crippen molar-refractivity contribution in [2.75, 3.05) is 0 Å². The molecule has 0 aliphatic heterocycles. The van der Waals surface area contributed by atoms with Crippen LogP contribution in [0.3, 0.4) is 0 Å². The monoisotopic (exact) mass is 227 g/mol. The Morgan fingerprint density at radius 2 is 1.71 bits per heavy atom. The number of nitro groups is 1. The molecule has 0 aliphatic carbocycles. The fourth-order valence-electron chi connectivity index (χ4n) is 1.63. The summed E-state index contributed by atoms with van der Waals surface area (Å²) in [4.78, 5) is 20.9. The number of nitro benzene ring substituents is 1. The van der Waals surface area contributed by atoms with E-state index < -0.39 is 4.92 Å². The van der Waals surface area contributed by atoms with Crippen LogP contribution < -0.4 is 0 Å². The number of hydrogen-bond acceptors (Lipinski definition) is 3. The van der Waals surface area contributed by atoms with E-state index in [-0.39, 0.29) is 11.3 Å². The Kier molecular flexibility index (Phi) is 2.96. The summed E-state index contributed by atoms with van der Waals surface area (Å²) < 4.78 is 0. The van der Waals surface area contributed by atoms with Gasteiger partial charge in [0.2, 0.25) is 0 Å². The normalized spacial score (nSPS) is 9.88. The van der Waals surface area contributed by atoms with Gasteiger partial charge in [0, 0.05) is 6.07 Å². The third-order valence-electron chi connectivity index (χ3n) is 2.46. The van der Waals surface area contributed by atoms with E-state index in [2.05, 4.69) is 0 Å². The van der Waals surface area contributed by atoms with Gasteiger partial charge in [-0.05, 0) is 23.3 Å². The van der Waals surface area contributed by atoms with Crippen molar-refractivity contribution in [1.82, 2.24) is 0 Å². The first-order valence-corrected chi connectivity index (χ1v) is 5.01. The number of carbonyl (C=O) groups excluding carboxylic acids is 1. The Hall–Kier alpha value is -2.49. The minimum absolute atomic E-state index is 0.0938. The average molecular weight is 227 g/mol. The van der Waals surface area contributed by atoms with Gasteiger partial charge < -0.3 is 0 Å². The molecule has 2 rings (SSSR count). The van der Waals surface area contributed by atoms with Gasteiger partial charge in [0.15, 0.2) is 6.29 Å². The van der Waals surface area contributed by atoms with E-state index in [4.69, 9.17) is 0 Å². The van der Waals surface area contributed by atoms with Gasteiger partial charge in [0.1, 0.15) is 0 Å². The average Bonchev–Trinajstić information content (AvgIpc) is 2.39. The highest BCUT2D eigenvalue weighted by Gasteiger charge is 2.13. The second-order valence-electron chi connectivity index (χ2n) is 3.51. The van der Waals surface area contributed by atoms with Crippen molar-refractivity contribution in [2.45, 2.75) is 0 Å². The zero-order valence-electron chi connectivity index (χ0n) is 8.87. The van der Waals surface area contributed by atoms with Gasteiger partial charge in [0.25, 0.3) is 5.69 Å². The van der Waals surface area contributed by atoms with Crippen molar-refractivity contribution in [3.05, 3.63) is 64.2 Å². The van der Waals surface area contributed by atoms with Crippen LogP contribution in [0.15, 0.2) is 48.5 Å². The lowest BCUT2D eigenvalue weighted by Crippen LogP contribution is -1.94. The highest BCUT2D eigenvalue weighted by molar-refractivity contribution is 5.84. The van der Waals surface area contributed by atoms with E-state index in [0.717, 1.165) is 11.1 Å². The number of hydrogen-bond donors (Lipinski definition) is 0. The van der Waals surface area contributed by atoms with Gasteiger partial charge in [-0.3, -0.25) is 14.9 Å². The molecule has 0 heterocycles. The summed E-state index contributed by atoms with van der Waals surface area (Å²) in [7, 11) is 0. The lowest BCUT2D eigenvalue weighted by atomic mass is 10.0. The zero-order chi connectivity index (χ0) is 12.3. The van der Waals surface area contributed by atoms with E-state index in [1.54, 1.807) is 6.07 Å². The summed E-state index contributed by atoms with van der Waals surface area (Å²) in [5.74, 6) is 0. The third kappa shape index (κ3) is 2.20. The van der Waals surface area contributed by atoms with E-state index in [0.29, 0.717) is 6.29 Å². The Morgan fingerprint density at radius 3 is 2.29 bits per heavy atom. The second kappa shape index (κ2) is 4.57. The number of aldehydes is 1. The lowest BCUT2D eigenvalue weighted by Gasteiger charge is -2.02. The minimum Gasteiger partial charge on any atom is -0.298 e. The second-order valence-corrected chi connectivity index (χ2v) is 3.51. The van der Waals surface area contributed by atoms with Crippen LogP contribution in [0.2, 0.25) is 0 Å². The van der Waals surface area contributed by atoms with E-state index in [1.807, 2.05) is 30.3 Å². The van der Waals surface area contributed by atoms with E-state index in [1.165, 1.54) is 12.1 Å². The molecule has 0 aliphatic rings. The van der Waals surface area contributed by atoms with Gasteiger partial charge in [-0.1, -0.05) is 30.3 Å². The van der Waals surface area contributed by atoms with Gasteiger partial charge in [0.05, 0.1) is 10.5 Å². The first kappa shape index (κ1) is 11.0. The maximum Gasteiger partial charge on any atom is 0.279 e. The molecule has 0 saturated carbocycles. The number of carbonyl (C=O) groups is 1. The van der Waals surface area contributed by atoms with Crippen molar-refractivity contribution in [1.29, 1.82) is 0 Å². The quantitative estimate of drug-likeness (QED) is 0.460. The molecular formula is C13H9NO3. The van der Waals surface area contributed by atoms with Crippen molar-refractivity contribution in [3.63, 3.8) is 0 Å². The highest BCUT2D eigenvalue weighted by Crippen LogP contribution is 2.25. The molecule has 2 aromatic rings. The summed E-state index contributed by atoms with van der Waals surface area (Å²) in [6, 6.07) is 13.9. The van der Waals surface area contributed by atoms with Crippen molar-refractivity contribution < 1.29 is 9.72 Å². The molecule has 0 bridgehead atoms. The number of rotatable bonds is 3. The maximum absolute atomic E-state index is 10.8. The Morgan fingerprint density at radius 1 is 1.00 bits per heavy atom. The molecule has 84 valence electrons. The van der Waals surface area contributed by atoms with Crippen molar-refractivity contribution in [2.24, 2.45) is 0 Å². The molecule has 0 atom stereocenters. The van der Waals surface area contributed by atoms with Gasteiger partial charge in [-0.15, -0.1) is 0 Å². The molecule has 0 unspecified atom stereocenters. The van der Waals surface area contributed by atoms with Crippen LogP contribution in [0, 0.1) is 10.1 Å². The largest absolute Gasteiger partial charge is 0.298 e. The fourth-order valence-corrected chi connectivity index (χ4v) is 1.63. The highest BCUT2D eigenvalue weighted by atomic mass is 16.6. The van der Waals surface area contributed by atoms with Gasteiger partial charge in [-0.25, -0.2) is 0 Å². The molecule has 4 nitrogen and oxygen atoms in total. The minimum atomic E-state index is -0.557. The molecule has 0 radical (unpaired) electrons. The van der Waals surface area contributed by atoms with Gasteiger partial charge in [-0.2, -0.15) is 0 Å². The molecule has 0 spiro atoms. The molecule has 17 heavy (non-hydrogen) atoms. The molecule has 0 amide bonds. The lowest BCUT2D eigenvalue weighted by molar-refractivity contribution is -0.385. The molecule has 0 aromatic heterocycles. The SMILES string of the molecule is O=Cc1cc(-c2ccccc2)ccc1[N+](=O)[O-]. The number of benzene rings is 2. The predicted octanol–water partition coefficient (Wildman–Crippen LogP) is 3.07. The van der Waals surface area contributed by atoms with Gasteiger partial charge >= 0.3 is 0 Å². The van der Waals surface area contributed by atoms with Crippen molar-refractivity contribution in [3.8, 4) is 11.1 Å². The molecule has 4 heteroatoms. The first-order chi connectivity index (χ1) is 8.22. The summed E-state index contributed by atoms with van der Waals surface area (Å²) in [5.41, 5.74) is 1.64. The van der Waals surface area contributed by atoms with Crippen LogP contribution in [0.1, 0.15) is 10.4 Å². The molecule has 0 fully saturated rings. The van der Waals surface area contributed by atoms with Crippen LogP contribution in [-0.4, -0.2) is 11.2 Å². The standard InChI is InChI=1S/C13H9NO3/c15-9-12-8-11(6-7-13(12)14(16)17)10-4-2-1-3-5-10/h1-9H. The Bertz CT molecular complexity index is 564. The van der Waals surface area contributed by atoms with Crippen molar-refractivity contribution >= 4 is 12.0 Å². The Balaban J connectivity index is 2.53. The summed E-state index contributed by atoms with van der Waals surface area (Å²) in [5, 5.41) is 10.7. The summed E-state index contributed by atoms with van der Waals surface area (Å²) >= 11 is 0. The van der Waals surface area contributed by atoms with E-state index in [9.17, 15) is 14.9 Å². The predicted molar refractivity (Wildman–Crippen MR) is 63.9 cm³/mol. The zero-order valence-corrected chi connectivity index (χ0v) is 8.87. The van der Waals surface area contributed by atoms with Crippen LogP contribution in [0.25, 0.3) is 11.1 Å². The summed E-state index contributed by atoms with van der Waals surface area (Å²) in [6.07, 6.45) is 0.505. The molecule has 0 N–H and O–H groups in total. The first-order valence-electron chi connectivity index (χ1n) is 5.01. The number of nitrogens with zero attached hydrogens (tertiary/aromatic N) is 1. The van der Waals surface area contributed by atoms with Crippen LogP contribution in [0.5, 0.6) is 0 Å². The molecular weight excluding hydrogens is 218 g/mol. The third-order valence-corrected chi connectivity index (χ3v) is 2.46. The van der Waals surface area contributed by atoms with Crippen LogP contribution in [0.4, 0.5) is 5.69 Å². The molecule has 2 aromatic carbocycles. The Labute approximate surface area is 97.7 Å². The van der Waals surface area contributed by atoms with Crippen LogP contribution in [-0.2, 0) is 0 Å².